The summed E-state index contributed by atoms with van der Waals surface area (Å²) in [4.78, 5) is 2.48. The first-order chi connectivity index (χ1) is 8.88. The highest BCUT2D eigenvalue weighted by Crippen LogP contribution is 2.36. The Balaban J connectivity index is 1.82. The number of fused-ring (bicyclic) bond motifs is 1. The summed E-state index contributed by atoms with van der Waals surface area (Å²) in [7, 11) is 0. The maximum Gasteiger partial charge on any atom is 0.231 e. The third-order valence-electron chi connectivity index (χ3n) is 3.76. The number of hydrogen-bond acceptors (Lipinski definition) is 3. The first-order valence-electron chi connectivity index (χ1n) is 6.58. The molecule has 0 aromatic heterocycles. The van der Waals surface area contributed by atoms with E-state index in [0.29, 0.717) is 18.7 Å². The van der Waals surface area contributed by atoms with Crippen LogP contribution < -0.4 is 9.47 Å². The Morgan fingerprint density at radius 1 is 1.11 bits per heavy atom. The lowest BCUT2D eigenvalue weighted by Crippen LogP contribution is -2.34. The SMILES string of the molecule is ClCC(c1ccc2c(c1)OCO2)N1CCCCC1. The van der Waals surface area contributed by atoms with Gasteiger partial charge in [-0.1, -0.05) is 12.5 Å². The van der Waals surface area contributed by atoms with Crippen molar-refractivity contribution in [3.05, 3.63) is 23.8 Å². The molecule has 98 valence electrons. The van der Waals surface area contributed by atoms with Crippen molar-refractivity contribution in [2.24, 2.45) is 0 Å². The molecule has 1 saturated heterocycles. The molecule has 0 saturated carbocycles. The van der Waals surface area contributed by atoms with E-state index in [-0.39, 0.29) is 0 Å². The van der Waals surface area contributed by atoms with Gasteiger partial charge >= 0.3 is 0 Å². The van der Waals surface area contributed by atoms with Crippen LogP contribution in [0.15, 0.2) is 18.2 Å². The lowest BCUT2D eigenvalue weighted by molar-refractivity contribution is 0.172. The minimum Gasteiger partial charge on any atom is -0.454 e. The fraction of sp³-hybridized carbons (Fsp3) is 0.571. The molecule has 0 bridgehead atoms. The quantitative estimate of drug-likeness (QED) is 0.785. The molecule has 0 amide bonds. The summed E-state index contributed by atoms with van der Waals surface area (Å²) in [5, 5.41) is 0. The summed E-state index contributed by atoms with van der Waals surface area (Å²) in [6, 6.07) is 6.46. The van der Waals surface area contributed by atoms with Crippen molar-refractivity contribution >= 4 is 11.6 Å². The predicted octanol–water partition coefficient (Wildman–Crippen LogP) is 3.18. The van der Waals surface area contributed by atoms with Crippen LogP contribution in [0.5, 0.6) is 11.5 Å². The highest BCUT2D eigenvalue weighted by atomic mass is 35.5. The molecule has 1 fully saturated rings. The minimum atomic E-state index is 0.293. The Bertz CT molecular complexity index is 418. The van der Waals surface area contributed by atoms with E-state index in [1.54, 1.807) is 0 Å². The van der Waals surface area contributed by atoms with Crippen LogP contribution in [0.4, 0.5) is 0 Å². The maximum atomic E-state index is 6.17. The zero-order chi connectivity index (χ0) is 12.4. The van der Waals surface area contributed by atoms with Crippen LogP contribution >= 0.6 is 11.6 Å². The zero-order valence-corrected chi connectivity index (χ0v) is 11.2. The molecule has 1 aromatic rings. The van der Waals surface area contributed by atoms with Crippen LogP contribution in [0.1, 0.15) is 30.9 Å². The van der Waals surface area contributed by atoms with Gasteiger partial charge in [0.2, 0.25) is 6.79 Å². The lowest BCUT2D eigenvalue weighted by Gasteiger charge is -2.33. The number of ether oxygens (including phenoxy) is 2. The van der Waals surface area contributed by atoms with E-state index in [4.69, 9.17) is 21.1 Å². The van der Waals surface area contributed by atoms with Gasteiger partial charge in [-0.05, 0) is 43.6 Å². The number of piperidine rings is 1. The number of likely N-dealkylation sites (tertiary alicyclic amines) is 1. The summed E-state index contributed by atoms with van der Waals surface area (Å²) in [5.74, 6) is 2.31. The molecule has 0 N–H and O–H groups in total. The minimum absolute atomic E-state index is 0.293. The van der Waals surface area contributed by atoms with Crippen LogP contribution in [0.2, 0.25) is 0 Å². The van der Waals surface area contributed by atoms with E-state index < -0.39 is 0 Å². The predicted molar refractivity (Wildman–Crippen MR) is 71.5 cm³/mol. The van der Waals surface area contributed by atoms with Gasteiger partial charge in [-0.3, -0.25) is 4.90 Å². The largest absolute Gasteiger partial charge is 0.454 e. The van der Waals surface area contributed by atoms with Gasteiger partial charge in [-0.25, -0.2) is 0 Å². The van der Waals surface area contributed by atoms with Crippen molar-refractivity contribution in [3.8, 4) is 11.5 Å². The molecule has 0 radical (unpaired) electrons. The first kappa shape index (κ1) is 12.1. The lowest BCUT2D eigenvalue weighted by atomic mass is 10.0. The third-order valence-corrected chi connectivity index (χ3v) is 4.05. The Labute approximate surface area is 113 Å². The standard InChI is InChI=1S/C14H18ClNO2/c15-9-12(16-6-2-1-3-7-16)11-4-5-13-14(8-11)18-10-17-13/h4-5,8,12H,1-3,6-7,9-10H2. The van der Waals surface area contributed by atoms with Gasteiger partial charge in [-0.2, -0.15) is 0 Å². The number of benzene rings is 1. The molecule has 1 aromatic carbocycles. The van der Waals surface area contributed by atoms with E-state index in [9.17, 15) is 0 Å². The molecule has 0 aliphatic carbocycles. The Morgan fingerprint density at radius 3 is 2.67 bits per heavy atom. The molecule has 2 heterocycles. The smallest absolute Gasteiger partial charge is 0.231 e. The zero-order valence-electron chi connectivity index (χ0n) is 10.4. The summed E-state index contributed by atoms with van der Waals surface area (Å²) >= 11 is 6.17. The van der Waals surface area contributed by atoms with Gasteiger partial charge in [0, 0.05) is 11.9 Å². The number of rotatable bonds is 3. The molecule has 1 unspecified atom stereocenters. The molecule has 1 atom stereocenters. The van der Waals surface area contributed by atoms with Gasteiger partial charge < -0.3 is 9.47 Å². The molecular weight excluding hydrogens is 250 g/mol. The second kappa shape index (κ2) is 5.37. The van der Waals surface area contributed by atoms with E-state index in [0.717, 1.165) is 24.6 Å². The van der Waals surface area contributed by atoms with Crippen molar-refractivity contribution in [2.75, 3.05) is 25.8 Å². The van der Waals surface area contributed by atoms with Gasteiger partial charge in [0.15, 0.2) is 11.5 Å². The second-order valence-corrected chi connectivity index (χ2v) is 5.19. The maximum absolute atomic E-state index is 6.17. The molecule has 2 aliphatic rings. The van der Waals surface area contributed by atoms with Gasteiger partial charge in [0.25, 0.3) is 0 Å². The molecule has 2 aliphatic heterocycles. The normalized spacial score (nSPS) is 20.9. The molecular formula is C14H18ClNO2. The average molecular weight is 268 g/mol. The Hall–Kier alpha value is -0.930. The van der Waals surface area contributed by atoms with E-state index in [1.807, 2.05) is 6.07 Å². The molecule has 3 nitrogen and oxygen atoms in total. The third kappa shape index (κ3) is 2.29. The summed E-state index contributed by atoms with van der Waals surface area (Å²) in [5.41, 5.74) is 1.23. The van der Waals surface area contributed by atoms with Crippen LogP contribution in [0.3, 0.4) is 0 Å². The Kier molecular flexibility index (Phi) is 3.62. The van der Waals surface area contributed by atoms with Crippen LogP contribution in [0.25, 0.3) is 0 Å². The van der Waals surface area contributed by atoms with Crippen LogP contribution in [-0.2, 0) is 0 Å². The van der Waals surface area contributed by atoms with Crippen LogP contribution in [-0.4, -0.2) is 30.7 Å². The van der Waals surface area contributed by atoms with Crippen LogP contribution in [0, 0.1) is 0 Å². The highest BCUT2D eigenvalue weighted by molar-refractivity contribution is 6.18. The van der Waals surface area contributed by atoms with Crippen molar-refractivity contribution in [2.45, 2.75) is 25.3 Å². The molecule has 4 heteroatoms. The van der Waals surface area contributed by atoms with Crippen molar-refractivity contribution in [3.63, 3.8) is 0 Å². The molecule has 0 spiro atoms. The van der Waals surface area contributed by atoms with E-state index in [2.05, 4.69) is 17.0 Å². The topological polar surface area (TPSA) is 21.7 Å². The van der Waals surface area contributed by atoms with Gasteiger partial charge in [0.1, 0.15) is 0 Å². The van der Waals surface area contributed by atoms with Crippen molar-refractivity contribution in [1.29, 1.82) is 0 Å². The molecule has 3 rings (SSSR count). The average Bonchev–Trinajstić information content (AvgIpc) is 2.88. The fourth-order valence-corrected chi connectivity index (χ4v) is 3.12. The monoisotopic (exact) mass is 267 g/mol. The van der Waals surface area contributed by atoms with E-state index >= 15 is 0 Å². The summed E-state index contributed by atoms with van der Waals surface area (Å²) in [6.07, 6.45) is 3.89. The first-order valence-corrected chi connectivity index (χ1v) is 7.11. The number of alkyl halides is 1. The highest BCUT2D eigenvalue weighted by Gasteiger charge is 2.23. The number of nitrogens with zero attached hydrogens (tertiary/aromatic N) is 1. The summed E-state index contributed by atoms with van der Waals surface area (Å²) < 4.78 is 10.8. The fourth-order valence-electron chi connectivity index (χ4n) is 2.75. The van der Waals surface area contributed by atoms with Gasteiger partial charge in [0.05, 0.1) is 0 Å². The Morgan fingerprint density at radius 2 is 1.89 bits per heavy atom. The van der Waals surface area contributed by atoms with E-state index in [1.165, 1.54) is 24.8 Å². The van der Waals surface area contributed by atoms with Crippen molar-refractivity contribution < 1.29 is 9.47 Å². The second-order valence-electron chi connectivity index (χ2n) is 4.88. The summed E-state index contributed by atoms with van der Waals surface area (Å²) in [6.45, 7) is 2.62. The van der Waals surface area contributed by atoms with Gasteiger partial charge in [-0.15, -0.1) is 11.6 Å². The molecule has 18 heavy (non-hydrogen) atoms. The number of halogens is 1. The number of hydrogen-bond donors (Lipinski definition) is 0. The van der Waals surface area contributed by atoms with Crippen molar-refractivity contribution in [1.82, 2.24) is 4.90 Å².